The van der Waals surface area contributed by atoms with Crippen LogP contribution in [-0.2, 0) is 4.43 Å². The van der Waals surface area contributed by atoms with Crippen LogP contribution < -0.4 is 4.74 Å². The van der Waals surface area contributed by atoms with Crippen molar-refractivity contribution in [2.75, 3.05) is 0 Å². The monoisotopic (exact) mass is 371 g/mol. The maximum Gasteiger partial charge on any atom is 0.311 e. The third kappa shape index (κ3) is 5.50. The van der Waals surface area contributed by atoms with Gasteiger partial charge in [0.25, 0.3) is 0 Å². The quantitative estimate of drug-likeness (QED) is 0.334. The highest BCUT2D eigenvalue weighted by Gasteiger charge is 2.40. The molecule has 0 aliphatic heterocycles. The van der Waals surface area contributed by atoms with E-state index in [0.717, 1.165) is 18.2 Å². The van der Waals surface area contributed by atoms with Crippen molar-refractivity contribution in [1.29, 1.82) is 0 Å². The van der Waals surface area contributed by atoms with Crippen molar-refractivity contribution in [3.63, 3.8) is 0 Å². The van der Waals surface area contributed by atoms with E-state index in [1.165, 1.54) is 0 Å². The van der Waals surface area contributed by atoms with E-state index in [4.69, 9.17) is 9.16 Å². The number of hydrogen-bond donors (Lipinski definition) is 0. The normalized spacial score (nSPS) is 14.9. The Bertz CT molecular complexity index is 601. The molecule has 1 aromatic carbocycles. The van der Waals surface area contributed by atoms with Gasteiger partial charge in [-0.25, -0.2) is 4.39 Å². The molecule has 0 saturated heterocycles. The van der Waals surface area contributed by atoms with Crippen molar-refractivity contribution in [3.05, 3.63) is 34.1 Å². The zero-order chi connectivity index (χ0) is 19.4. The number of hydrogen-bond acceptors (Lipinski definition) is 4. The van der Waals surface area contributed by atoms with E-state index in [9.17, 15) is 14.5 Å². The molecule has 2 atom stereocenters. The molecular weight excluding hydrogens is 341 g/mol. The molecule has 0 bridgehead atoms. The first-order valence-corrected chi connectivity index (χ1v) is 11.6. The van der Waals surface area contributed by atoms with E-state index >= 15 is 0 Å². The van der Waals surface area contributed by atoms with Crippen molar-refractivity contribution in [3.8, 4) is 5.75 Å². The minimum Gasteiger partial charge on any atom is -0.481 e. The van der Waals surface area contributed by atoms with Gasteiger partial charge in [-0.2, -0.15) is 0 Å². The first kappa shape index (κ1) is 21.6. The van der Waals surface area contributed by atoms with Gasteiger partial charge in [0.2, 0.25) is 0 Å². The van der Waals surface area contributed by atoms with Gasteiger partial charge in [0.05, 0.1) is 11.0 Å². The van der Waals surface area contributed by atoms with Crippen molar-refractivity contribution < 1.29 is 18.5 Å². The average Bonchev–Trinajstić information content (AvgIpc) is 2.49. The molecule has 0 aromatic heterocycles. The lowest BCUT2D eigenvalue weighted by atomic mass is 10.1. The summed E-state index contributed by atoms with van der Waals surface area (Å²) in [6.07, 6.45) is 0.753. The van der Waals surface area contributed by atoms with E-state index in [-0.39, 0.29) is 28.7 Å². The van der Waals surface area contributed by atoms with Crippen LogP contribution in [0.5, 0.6) is 5.75 Å². The summed E-state index contributed by atoms with van der Waals surface area (Å²) in [5, 5.41) is 11.2. The summed E-state index contributed by atoms with van der Waals surface area (Å²) in [5.74, 6) is -0.608. The second-order valence-electron chi connectivity index (χ2n) is 7.76. The molecule has 0 spiro atoms. The smallest absolute Gasteiger partial charge is 0.311 e. The van der Waals surface area contributed by atoms with E-state index in [0.29, 0.717) is 12.8 Å². The molecule has 0 saturated carbocycles. The van der Waals surface area contributed by atoms with Crippen molar-refractivity contribution in [1.82, 2.24) is 0 Å². The predicted octanol–water partition coefficient (Wildman–Crippen LogP) is 5.69. The van der Waals surface area contributed by atoms with Gasteiger partial charge >= 0.3 is 5.69 Å². The van der Waals surface area contributed by atoms with Crippen LogP contribution >= 0.6 is 0 Å². The predicted molar refractivity (Wildman–Crippen MR) is 100 cm³/mol. The molecule has 1 aromatic rings. The molecule has 7 heteroatoms. The lowest BCUT2D eigenvalue weighted by Gasteiger charge is -2.41. The zero-order valence-electron chi connectivity index (χ0n) is 16.3. The topological polar surface area (TPSA) is 61.6 Å². The van der Waals surface area contributed by atoms with Gasteiger partial charge in [0.1, 0.15) is 11.9 Å². The number of ether oxygens (including phenoxy) is 1. The molecule has 5 nitrogen and oxygen atoms in total. The fraction of sp³-hybridized carbons (Fsp3) is 0.667. The van der Waals surface area contributed by atoms with Crippen LogP contribution in [0.25, 0.3) is 0 Å². The van der Waals surface area contributed by atoms with E-state index in [1.807, 2.05) is 13.8 Å². The summed E-state index contributed by atoms with van der Waals surface area (Å²) in [6.45, 7) is 14.7. The molecule has 0 amide bonds. The molecule has 0 heterocycles. The molecule has 142 valence electrons. The number of halogens is 1. The Morgan fingerprint density at radius 3 is 2.20 bits per heavy atom. The summed E-state index contributed by atoms with van der Waals surface area (Å²) in [5.41, 5.74) is -0.234. The third-order valence-electron chi connectivity index (χ3n) is 4.87. The van der Waals surface area contributed by atoms with Crippen LogP contribution in [0.1, 0.15) is 47.5 Å². The van der Waals surface area contributed by atoms with Crippen LogP contribution in [0.15, 0.2) is 18.2 Å². The Labute approximate surface area is 150 Å². The Kier molecular flexibility index (Phi) is 7.14. The highest BCUT2D eigenvalue weighted by molar-refractivity contribution is 6.74. The molecule has 0 aliphatic carbocycles. The molecule has 0 N–H and O–H groups in total. The zero-order valence-corrected chi connectivity index (χ0v) is 17.3. The summed E-state index contributed by atoms with van der Waals surface area (Å²) in [6, 6.07) is 3.27. The maximum absolute atomic E-state index is 13.5. The van der Waals surface area contributed by atoms with Gasteiger partial charge in [0.15, 0.2) is 14.1 Å². The van der Waals surface area contributed by atoms with Crippen LogP contribution in [0.3, 0.4) is 0 Å². The van der Waals surface area contributed by atoms with Crippen LogP contribution in [0, 0.1) is 15.9 Å². The van der Waals surface area contributed by atoms with Gasteiger partial charge in [-0.05, 0) is 37.0 Å². The Hall–Kier alpha value is -1.47. The molecule has 0 radical (unpaired) electrons. The van der Waals surface area contributed by atoms with E-state index in [2.05, 4.69) is 33.9 Å². The first-order valence-electron chi connectivity index (χ1n) is 8.71. The van der Waals surface area contributed by atoms with Gasteiger partial charge in [-0.3, -0.25) is 10.1 Å². The molecule has 0 unspecified atom stereocenters. The number of nitro groups is 1. The number of rotatable bonds is 8. The van der Waals surface area contributed by atoms with E-state index in [1.54, 1.807) is 0 Å². The Morgan fingerprint density at radius 1 is 1.20 bits per heavy atom. The number of nitrogens with zero attached hydrogens (tertiary/aromatic N) is 1. The van der Waals surface area contributed by atoms with Crippen molar-refractivity contribution >= 4 is 14.0 Å². The number of nitro benzene ring substituents is 1. The van der Waals surface area contributed by atoms with Gasteiger partial charge < -0.3 is 9.16 Å². The second kappa shape index (κ2) is 8.27. The van der Waals surface area contributed by atoms with E-state index < -0.39 is 19.1 Å². The molecule has 0 fully saturated rings. The summed E-state index contributed by atoms with van der Waals surface area (Å²) < 4.78 is 25.9. The Balaban J connectivity index is 3.09. The standard InChI is InChI=1S/C18H30FNO4Si/c1-8-15(16(9-2)24-25(6,7)18(3,4)5)23-17-12-13(19)10-11-14(17)20(21)22/h10-12,15-16H,8-9H2,1-7H3/t15-,16-/m0/s1. The minimum atomic E-state index is -2.02. The maximum atomic E-state index is 13.5. The van der Waals surface area contributed by atoms with Crippen LogP contribution in [-0.4, -0.2) is 25.4 Å². The first-order chi connectivity index (χ1) is 11.4. The molecule has 0 aliphatic rings. The average molecular weight is 372 g/mol. The highest BCUT2D eigenvalue weighted by Crippen LogP contribution is 2.39. The Morgan fingerprint density at radius 2 is 1.76 bits per heavy atom. The van der Waals surface area contributed by atoms with Gasteiger partial charge in [-0.15, -0.1) is 0 Å². The summed E-state index contributed by atoms with van der Waals surface area (Å²) in [7, 11) is -2.02. The number of benzene rings is 1. The SMILES string of the molecule is CC[C@H](Oc1cc(F)ccc1[N+](=O)[O-])[C@H](CC)O[Si](C)(C)C(C)(C)C. The molecule has 25 heavy (non-hydrogen) atoms. The van der Waals surface area contributed by atoms with Crippen molar-refractivity contribution in [2.45, 2.75) is 77.8 Å². The second-order valence-corrected chi connectivity index (χ2v) is 12.5. The highest BCUT2D eigenvalue weighted by atomic mass is 28.4. The molecular formula is C18H30FNO4Si. The van der Waals surface area contributed by atoms with Crippen molar-refractivity contribution in [2.24, 2.45) is 0 Å². The molecule has 1 rings (SSSR count). The minimum absolute atomic E-state index is 0.0452. The summed E-state index contributed by atoms with van der Waals surface area (Å²) in [4.78, 5) is 10.6. The largest absolute Gasteiger partial charge is 0.481 e. The fourth-order valence-electron chi connectivity index (χ4n) is 2.30. The van der Waals surface area contributed by atoms with Crippen LogP contribution in [0.2, 0.25) is 18.1 Å². The van der Waals surface area contributed by atoms with Gasteiger partial charge in [-0.1, -0.05) is 34.6 Å². The fourth-order valence-corrected chi connectivity index (χ4v) is 3.72. The third-order valence-corrected chi connectivity index (χ3v) is 9.37. The van der Waals surface area contributed by atoms with Crippen LogP contribution in [0.4, 0.5) is 10.1 Å². The lowest BCUT2D eigenvalue weighted by Crippen LogP contribution is -2.48. The summed E-state index contributed by atoms with van der Waals surface area (Å²) >= 11 is 0. The van der Waals surface area contributed by atoms with Gasteiger partial charge in [0, 0.05) is 12.1 Å². The lowest BCUT2D eigenvalue weighted by molar-refractivity contribution is -0.386.